The Morgan fingerprint density at radius 2 is 1.22 bits per heavy atom. The minimum Gasteiger partial charge on any atom is -0.376 e. The molecule has 27 heavy (non-hydrogen) atoms. The van der Waals surface area contributed by atoms with E-state index in [9.17, 15) is 0 Å². The van der Waals surface area contributed by atoms with Crippen molar-refractivity contribution < 1.29 is 9.47 Å². The normalized spacial score (nSPS) is 17.6. The summed E-state index contributed by atoms with van der Waals surface area (Å²) in [7, 11) is 0. The maximum atomic E-state index is 5.79. The maximum Gasteiger partial charge on any atom is 0.0598 e. The van der Waals surface area contributed by atoms with Crippen LogP contribution < -0.4 is 0 Å². The lowest BCUT2D eigenvalue weighted by Gasteiger charge is -2.19. The van der Waals surface area contributed by atoms with Crippen molar-refractivity contribution in [2.24, 2.45) is 5.92 Å². The van der Waals surface area contributed by atoms with Gasteiger partial charge < -0.3 is 9.47 Å². The number of allylic oxidation sites excluding steroid dienone is 4. The molecule has 1 aliphatic rings. The van der Waals surface area contributed by atoms with Crippen LogP contribution in [0.25, 0.3) is 0 Å². The van der Waals surface area contributed by atoms with Gasteiger partial charge in [0.15, 0.2) is 0 Å². The fourth-order valence-electron chi connectivity index (χ4n) is 3.47. The number of rotatable bonds is 14. The molecule has 1 atom stereocenters. The highest BCUT2D eigenvalue weighted by Crippen LogP contribution is 2.29. The maximum absolute atomic E-state index is 5.79. The lowest BCUT2D eigenvalue weighted by molar-refractivity contribution is -0.00512. The van der Waals surface area contributed by atoms with E-state index >= 15 is 0 Å². The first-order chi connectivity index (χ1) is 12.7. The number of hydrogen-bond acceptors (Lipinski definition) is 2. The van der Waals surface area contributed by atoms with Crippen molar-refractivity contribution in [3.05, 3.63) is 23.8 Å². The van der Waals surface area contributed by atoms with E-state index in [0.717, 1.165) is 13.2 Å². The van der Waals surface area contributed by atoms with Crippen LogP contribution in [0.2, 0.25) is 0 Å². The van der Waals surface area contributed by atoms with Crippen LogP contribution in [0.1, 0.15) is 106 Å². The van der Waals surface area contributed by atoms with Crippen LogP contribution in [-0.2, 0) is 9.47 Å². The van der Waals surface area contributed by atoms with Gasteiger partial charge in [0.05, 0.1) is 11.2 Å². The van der Waals surface area contributed by atoms with Gasteiger partial charge in [-0.1, -0.05) is 55.9 Å². The van der Waals surface area contributed by atoms with Crippen molar-refractivity contribution in [2.75, 3.05) is 13.2 Å². The fraction of sp³-hybridized carbons (Fsp3) is 0.840. The molecular formula is C25H46O2. The molecule has 0 spiro atoms. The summed E-state index contributed by atoms with van der Waals surface area (Å²) in [5.74, 6) is 0.708. The minimum absolute atomic E-state index is 0.00711. The molecule has 0 radical (unpaired) electrons. The van der Waals surface area contributed by atoms with Gasteiger partial charge in [-0.2, -0.15) is 0 Å². The third-order valence-electron chi connectivity index (χ3n) is 4.97. The molecule has 0 saturated carbocycles. The smallest absolute Gasteiger partial charge is 0.0598 e. The Morgan fingerprint density at radius 1 is 0.704 bits per heavy atom. The Labute approximate surface area is 169 Å². The van der Waals surface area contributed by atoms with Gasteiger partial charge in [-0.25, -0.2) is 0 Å². The average Bonchev–Trinajstić information content (AvgIpc) is 2.98. The summed E-state index contributed by atoms with van der Waals surface area (Å²) in [6.45, 7) is 14.6. The van der Waals surface area contributed by atoms with Gasteiger partial charge in [-0.05, 0) is 79.6 Å². The Bertz CT molecular complexity index is 434. The van der Waals surface area contributed by atoms with E-state index in [2.05, 4.69) is 59.8 Å². The number of unbranched alkanes of at least 4 members (excludes halogenated alkanes) is 6. The molecule has 0 aromatic heterocycles. The van der Waals surface area contributed by atoms with Crippen molar-refractivity contribution in [1.82, 2.24) is 0 Å². The van der Waals surface area contributed by atoms with Crippen LogP contribution in [0.5, 0.6) is 0 Å². The highest BCUT2D eigenvalue weighted by atomic mass is 16.5. The zero-order valence-corrected chi connectivity index (χ0v) is 19.1. The second-order valence-corrected chi connectivity index (χ2v) is 10.0. The predicted octanol–water partition coefficient (Wildman–Crippen LogP) is 7.63. The quantitative estimate of drug-likeness (QED) is 0.289. The molecule has 1 unspecified atom stereocenters. The standard InChI is InChI=1S/C25H46O2/c1-24(2,3)26-20-13-9-7-11-16-22-18-15-19-23(22)17-12-8-10-14-21-27-25(4,5)6/h15,18-19,22H,7-14,16-17,20-21H2,1-6H3. The topological polar surface area (TPSA) is 18.5 Å². The van der Waals surface area contributed by atoms with E-state index in [4.69, 9.17) is 9.47 Å². The van der Waals surface area contributed by atoms with Gasteiger partial charge in [0, 0.05) is 13.2 Å². The number of hydrogen-bond donors (Lipinski definition) is 0. The lowest BCUT2D eigenvalue weighted by Crippen LogP contribution is -2.19. The highest BCUT2D eigenvalue weighted by Gasteiger charge is 2.14. The van der Waals surface area contributed by atoms with Gasteiger partial charge in [-0.15, -0.1) is 0 Å². The molecule has 0 amide bonds. The molecule has 0 bridgehead atoms. The molecular weight excluding hydrogens is 332 g/mol. The van der Waals surface area contributed by atoms with Gasteiger partial charge in [0.1, 0.15) is 0 Å². The van der Waals surface area contributed by atoms with E-state index in [-0.39, 0.29) is 11.2 Å². The zero-order valence-electron chi connectivity index (χ0n) is 19.1. The van der Waals surface area contributed by atoms with E-state index in [1.807, 2.05) is 0 Å². The second kappa shape index (κ2) is 12.8. The van der Waals surface area contributed by atoms with Gasteiger partial charge >= 0.3 is 0 Å². The van der Waals surface area contributed by atoms with Crippen LogP contribution >= 0.6 is 0 Å². The molecule has 0 aromatic rings. The molecule has 158 valence electrons. The Kier molecular flexibility index (Phi) is 11.6. The summed E-state index contributed by atoms with van der Waals surface area (Å²) in [6.07, 6.45) is 19.9. The third-order valence-corrected chi connectivity index (χ3v) is 4.97. The zero-order chi connectivity index (χ0) is 20.2. The first-order valence-electron chi connectivity index (χ1n) is 11.3. The van der Waals surface area contributed by atoms with Crippen molar-refractivity contribution in [3.63, 3.8) is 0 Å². The molecule has 0 heterocycles. The molecule has 0 aliphatic heterocycles. The molecule has 2 heteroatoms. The first-order valence-corrected chi connectivity index (χ1v) is 11.3. The van der Waals surface area contributed by atoms with E-state index in [1.54, 1.807) is 5.57 Å². The van der Waals surface area contributed by atoms with Gasteiger partial charge in [-0.3, -0.25) is 0 Å². The Hall–Kier alpha value is -0.600. The van der Waals surface area contributed by atoms with Crippen LogP contribution in [-0.4, -0.2) is 24.4 Å². The summed E-state index contributed by atoms with van der Waals surface area (Å²) >= 11 is 0. The van der Waals surface area contributed by atoms with Crippen LogP contribution in [0.3, 0.4) is 0 Å². The van der Waals surface area contributed by atoms with Crippen molar-refractivity contribution >= 4 is 0 Å². The summed E-state index contributed by atoms with van der Waals surface area (Å²) in [5, 5.41) is 0. The van der Waals surface area contributed by atoms with Crippen molar-refractivity contribution in [1.29, 1.82) is 0 Å². The van der Waals surface area contributed by atoms with Crippen molar-refractivity contribution in [2.45, 2.75) is 117 Å². The lowest BCUT2D eigenvalue weighted by atomic mass is 9.92. The summed E-state index contributed by atoms with van der Waals surface area (Å²) < 4.78 is 11.6. The molecule has 0 fully saturated rings. The SMILES string of the molecule is CC(C)(C)OCCCCCCC1=CC=CC1CCCCCCOC(C)(C)C. The predicted molar refractivity (Wildman–Crippen MR) is 118 cm³/mol. The summed E-state index contributed by atoms with van der Waals surface area (Å²) in [6, 6.07) is 0. The number of ether oxygens (including phenoxy) is 2. The minimum atomic E-state index is 0.00711. The van der Waals surface area contributed by atoms with Crippen LogP contribution in [0.15, 0.2) is 23.8 Å². The van der Waals surface area contributed by atoms with E-state index < -0.39 is 0 Å². The monoisotopic (exact) mass is 378 g/mol. The Morgan fingerprint density at radius 3 is 1.78 bits per heavy atom. The molecule has 0 saturated heterocycles. The highest BCUT2D eigenvalue weighted by molar-refractivity contribution is 5.27. The van der Waals surface area contributed by atoms with Gasteiger partial charge in [0.2, 0.25) is 0 Å². The van der Waals surface area contributed by atoms with Crippen molar-refractivity contribution in [3.8, 4) is 0 Å². The molecule has 0 aromatic carbocycles. The molecule has 0 N–H and O–H groups in total. The fourth-order valence-corrected chi connectivity index (χ4v) is 3.47. The summed E-state index contributed by atoms with van der Waals surface area (Å²) in [4.78, 5) is 0. The molecule has 2 nitrogen and oxygen atoms in total. The average molecular weight is 379 g/mol. The second-order valence-electron chi connectivity index (χ2n) is 10.0. The Balaban J connectivity index is 2.00. The van der Waals surface area contributed by atoms with E-state index in [0.29, 0.717) is 5.92 Å². The molecule has 1 rings (SSSR count). The van der Waals surface area contributed by atoms with E-state index in [1.165, 1.54) is 64.2 Å². The van der Waals surface area contributed by atoms with Gasteiger partial charge in [0.25, 0.3) is 0 Å². The summed E-state index contributed by atoms with van der Waals surface area (Å²) in [5.41, 5.74) is 1.68. The largest absolute Gasteiger partial charge is 0.376 e. The third kappa shape index (κ3) is 14.1. The van der Waals surface area contributed by atoms with Crippen LogP contribution in [0.4, 0.5) is 0 Å². The first kappa shape index (κ1) is 24.4. The van der Waals surface area contributed by atoms with Crippen LogP contribution in [0, 0.1) is 5.92 Å². The molecule has 1 aliphatic carbocycles.